The van der Waals surface area contributed by atoms with Crippen LogP contribution in [0.25, 0.3) is 21.8 Å². The molecule has 2 aromatic heterocycles. The van der Waals surface area contributed by atoms with E-state index >= 15 is 0 Å². The zero-order valence-corrected chi connectivity index (χ0v) is 12.0. The molecule has 0 fully saturated rings. The van der Waals surface area contributed by atoms with E-state index in [1.54, 1.807) is 12.3 Å². The SMILES string of the molecule is CC(=O)Oc1ccc2c([nH]c3c(C)nccc32)c1Br. The molecule has 5 heteroatoms. The van der Waals surface area contributed by atoms with E-state index in [2.05, 4.69) is 25.9 Å². The van der Waals surface area contributed by atoms with Crippen LogP contribution in [0.15, 0.2) is 28.9 Å². The molecule has 0 atom stereocenters. The van der Waals surface area contributed by atoms with Crippen molar-refractivity contribution in [1.82, 2.24) is 9.97 Å². The average Bonchev–Trinajstić information content (AvgIpc) is 2.73. The van der Waals surface area contributed by atoms with Gasteiger partial charge in [-0.05, 0) is 41.1 Å². The number of H-pyrrole nitrogens is 1. The Morgan fingerprint density at radius 2 is 2.00 bits per heavy atom. The quantitative estimate of drug-likeness (QED) is 0.549. The van der Waals surface area contributed by atoms with Crippen molar-refractivity contribution in [3.8, 4) is 5.75 Å². The number of hydrogen-bond acceptors (Lipinski definition) is 3. The first-order chi connectivity index (χ1) is 9.08. The highest BCUT2D eigenvalue weighted by Crippen LogP contribution is 2.36. The highest BCUT2D eigenvalue weighted by atomic mass is 79.9. The van der Waals surface area contributed by atoms with E-state index < -0.39 is 0 Å². The normalized spacial score (nSPS) is 11.1. The molecule has 3 aromatic rings. The van der Waals surface area contributed by atoms with Crippen molar-refractivity contribution in [3.63, 3.8) is 0 Å². The molecule has 3 rings (SSSR count). The number of carbonyl (C=O) groups is 1. The van der Waals surface area contributed by atoms with E-state index in [0.29, 0.717) is 5.75 Å². The van der Waals surface area contributed by atoms with Crippen LogP contribution in [-0.4, -0.2) is 15.9 Å². The zero-order chi connectivity index (χ0) is 13.6. The third-order valence-electron chi connectivity index (χ3n) is 3.04. The molecular weight excluding hydrogens is 308 g/mol. The molecule has 2 heterocycles. The first-order valence-electron chi connectivity index (χ1n) is 5.82. The van der Waals surface area contributed by atoms with Crippen LogP contribution < -0.4 is 4.74 Å². The lowest BCUT2D eigenvalue weighted by molar-refractivity contribution is -0.131. The summed E-state index contributed by atoms with van der Waals surface area (Å²) in [4.78, 5) is 18.7. The van der Waals surface area contributed by atoms with Gasteiger partial charge in [0.1, 0.15) is 5.75 Å². The second-order valence-electron chi connectivity index (χ2n) is 4.34. The van der Waals surface area contributed by atoms with Crippen LogP contribution in [-0.2, 0) is 4.79 Å². The van der Waals surface area contributed by atoms with Crippen LogP contribution in [0.2, 0.25) is 0 Å². The van der Waals surface area contributed by atoms with Crippen LogP contribution in [0.5, 0.6) is 5.75 Å². The summed E-state index contributed by atoms with van der Waals surface area (Å²) in [5.74, 6) is 0.172. The van der Waals surface area contributed by atoms with Crippen LogP contribution in [0, 0.1) is 6.92 Å². The Balaban J connectivity index is 2.35. The summed E-state index contributed by atoms with van der Waals surface area (Å²) in [7, 11) is 0. The van der Waals surface area contributed by atoms with Crippen molar-refractivity contribution in [2.45, 2.75) is 13.8 Å². The number of nitrogens with one attached hydrogen (secondary N) is 1. The third kappa shape index (κ3) is 1.90. The molecule has 0 aliphatic carbocycles. The molecule has 0 radical (unpaired) electrons. The Hall–Kier alpha value is -1.88. The number of rotatable bonds is 1. The third-order valence-corrected chi connectivity index (χ3v) is 3.83. The number of pyridine rings is 1. The van der Waals surface area contributed by atoms with E-state index in [1.165, 1.54) is 6.92 Å². The molecule has 1 N–H and O–H groups in total. The second kappa shape index (κ2) is 4.35. The molecular formula is C14H11BrN2O2. The van der Waals surface area contributed by atoms with Gasteiger partial charge in [-0.3, -0.25) is 9.78 Å². The monoisotopic (exact) mass is 318 g/mol. The number of hydrogen-bond donors (Lipinski definition) is 1. The van der Waals surface area contributed by atoms with E-state index in [4.69, 9.17) is 4.74 Å². The highest BCUT2D eigenvalue weighted by molar-refractivity contribution is 9.10. The summed E-state index contributed by atoms with van der Waals surface area (Å²) in [6.07, 6.45) is 1.79. The van der Waals surface area contributed by atoms with Gasteiger partial charge in [0.25, 0.3) is 0 Å². The van der Waals surface area contributed by atoms with Gasteiger partial charge in [-0.25, -0.2) is 0 Å². The van der Waals surface area contributed by atoms with Gasteiger partial charge in [0.15, 0.2) is 0 Å². The standard InChI is InChI=1S/C14H11BrN2O2/c1-7-13-10(5-6-16-7)9-3-4-11(19-8(2)18)12(15)14(9)17-13/h3-6,17H,1-2H3. The minimum Gasteiger partial charge on any atom is -0.425 e. The van der Waals surface area contributed by atoms with E-state index in [1.807, 2.05) is 19.1 Å². The molecule has 4 nitrogen and oxygen atoms in total. The van der Waals surface area contributed by atoms with Crippen molar-refractivity contribution in [1.29, 1.82) is 0 Å². The minimum absolute atomic E-state index is 0.339. The van der Waals surface area contributed by atoms with Crippen LogP contribution in [0.4, 0.5) is 0 Å². The summed E-state index contributed by atoms with van der Waals surface area (Å²) in [5, 5.41) is 2.18. The van der Waals surface area contributed by atoms with Crippen molar-refractivity contribution < 1.29 is 9.53 Å². The van der Waals surface area contributed by atoms with E-state index in [9.17, 15) is 4.79 Å². The summed E-state index contributed by atoms with van der Waals surface area (Å²) in [6, 6.07) is 5.70. The Morgan fingerprint density at radius 1 is 1.26 bits per heavy atom. The maximum Gasteiger partial charge on any atom is 0.308 e. The molecule has 96 valence electrons. The van der Waals surface area contributed by atoms with Crippen molar-refractivity contribution in [2.24, 2.45) is 0 Å². The lowest BCUT2D eigenvalue weighted by Crippen LogP contribution is -2.01. The number of benzene rings is 1. The minimum atomic E-state index is -0.339. The number of aromatic amines is 1. The first-order valence-corrected chi connectivity index (χ1v) is 6.61. The van der Waals surface area contributed by atoms with Gasteiger partial charge < -0.3 is 9.72 Å². The topological polar surface area (TPSA) is 55.0 Å². The van der Waals surface area contributed by atoms with Gasteiger partial charge in [-0.2, -0.15) is 0 Å². The van der Waals surface area contributed by atoms with Crippen LogP contribution in [0.1, 0.15) is 12.6 Å². The molecule has 0 saturated carbocycles. The number of fused-ring (bicyclic) bond motifs is 3. The number of aryl methyl sites for hydroxylation is 1. The van der Waals surface area contributed by atoms with Gasteiger partial charge in [0.05, 0.1) is 21.2 Å². The predicted octanol–water partition coefficient (Wildman–Crippen LogP) is 3.71. The van der Waals surface area contributed by atoms with Gasteiger partial charge in [0.2, 0.25) is 0 Å². The van der Waals surface area contributed by atoms with Crippen LogP contribution >= 0.6 is 15.9 Å². The fourth-order valence-electron chi connectivity index (χ4n) is 2.21. The molecule has 0 spiro atoms. The van der Waals surface area contributed by atoms with Gasteiger partial charge in [-0.15, -0.1) is 0 Å². The van der Waals surface area contributed by atoms with Gasteiger partial charge in [-0.1, -0.05) is 0 Å². The Labute approximate surface area is 117 Å². The second-order valence-corrected chi connectivity index (χ2v) is 5.13. The zero-order valence-electron chi connectivity index (χ0n) is 10.5. The highest BCUT2D eigenvalue weighted by Gasteiger charge is 2.13. The molecule has 0 aliphatic heterocycles. The molecule has 0 saturated heterocycles. The maximum absolute atomic E-state index is 11.1. The number of halogens is 1. The molecule has 0 amide bonds. The largest absolute Gasteiger partial charge is 0.425 e. The number of carbonyl (C=O) groups excluding carboxylic acids is 1. The Morgan fingerprint density at radius 3 is 2.74 bits per heavy atom. The number of nitrogens with zero attached hydrogens (tertiary/aromatic N) is 1. The van der Waals surface area contributed by atoms with E-state index in [0.717, 1.165) is 32.0 Å². The van der Waals surface area contributed by atoms with Crippen LogP contribution in [0.3, 0.4) is 0 Å². The molecule has 19 heavy (non-hydrogen) atoms. The fraction of sp³-hybridized carbons (Fsp3) is 0.143. The Bertz CT molecular complexity index is 808. The summed E-state index contributed by atoms with van der Waals surface area (Å²) >= 11 is 3.48. The Kier molecular flexibility index (Phi) is 2.78. The summed E-state index contributed by atoms with van der Waals surface area (Å²) in [5.41, 5.74) is 2.85. The average molecular weight is 319 g/mol. The molecule has 0 aliphatic rings. The fourth-order valence-corrected chi connectivity index (χ4v) is 2.74. The smallest absolute Gasteiger partial charge is 0.308 e. The lowest BCUT2D eigenvalue weighted by Gasteiger charge is -2.04. The number of aromatic nitrogens is 2. The summed E-state index contributed by atoms with van der Waals surface area (Å²) in [6.45, 7) is 3.34. The number of esters is 1. The molecule has 0 bridgehead atoms. The maximum atomic E-state index is 11.1. The predicted molar refractivity (Wildman–Crippen MR) is 77.3 cm³/mol. The lowest BCUT2D eigenvalue weighted by atomic mass is 10.1. The summed E-state index contributed by atoms with van der Waals surface area (Å²) < 4.78 is 5.90. The van der Waals surface area contributed by atoms with Crippen molar-refractivity contribution in [2.75, 3.05) is 0 Å². The van der Waals surface area contributed by atoms with Gasteiger partial charge >= 0.3 is 5.97 Å². The van der Waals surface area contributed by atoms with Crippen molar-refractivity contribution in [3.05, 3.63) is 34.6 Å². The van der Waals surface area contributed by atoms with Crippen molar-refractivity contribution >= 4 is 43.7 Å². The number of ether oxygens (including phenoxy) is 1. The van der Waals surface area contributed by atoms with E-state index in [-0.39, 0.29) is 5.97 Å². The van der Waals surface area contributed by atoms with Gasteiger partial charge in [0, 0.05) is 23.9 Å². The molecule has 1 aromatic carbocycles. The molecule has 0 unspecified atom stereocenters. The first kappa shape index (κ1) is 12.2.